The highest BCUT2D eigenvalue weighted by Gasteiger charge is 2.20. The summed E-state index contributed by atoms with van der Waals surface area (Å²) in [6, 6.07) is 7.22. The van der Waals surface area contributed by atoms with E-state index in [-0.39, 0.29) is 18.1 Å². The summed E-state index contributed by atoms with van der Waals surface area (Å²) in [5.74, 6) is 0.507. The van der Waals surface area contributed by atoms with Crippen molar-refractivity contribution < 1.29 is 9.53 Å². The van der Waals surface area contributed by atoms with Gasteiger partial charge in [-0.3, -0.25) is 14.8 Å². The molecule has 1 fully saturated rings. The SMILES string of the molecule is CC(NC(=O)c1ccccc1OC1CCCCC1)c1cnccn1. The van der Waals surface area contributed by atoms with Gasteiger partial charge in [0.05, 0.1) is 29.6 Å². The number of hydrogen-bond acceptors (Lipinski definition) is 4. The summed E-state index contributed by atoms with van der Waals surface area (Å²) in [6.07, 6.45) is 10.9. The second-order valence-electron chi connectivity index (χ2n) is 6.20. The van der Waals surface area contributed by atoms with Gasteiger partial charge in [-0.15, -0.1) is 0 Å². The van der Waals surface area contributed by atoms with Crippen LogP contribution in [0, 0.1) is 0 Å². The lowest BCUT2D eigenvalue weighted by molar-refractivity contribution is 0.0927. The number of aromatic nitrogens is 2. The van der Waals surface area contributed by atoms with Crippen LogP contribution in [-0.4, -0.2) is 22.0 Å². The molecule has 24 heavy (non-hydrogen) atoms. The molecule has 5 nitrogen and oxygen atoms in total. The standard InChI is InChI=1S/C19H23N3O2/c1-14(17-13-20-11-12-21-17)22-19(23)16-9-5-6-10-18(16)24-15-7-3-2-4-8-15/h5-6,9-15H,2-4,7-8H2,1H3,(H,22,23). The molecule has 0 bridgehead atoms. The van der Waals surface area contributed by atoms with E-state index in [9.17, 15) is 4.79 Å². The van der Waals surface area contributed by atoms with Crippen molar-refractivity contribution in [2.75, 3.05) is 0 Å². The third-order valence-corrected chi connectivity index (χ3v) is 4.35. The Balaban J connectivity index is 1.70. The van der Waals surface area contributed by atoms with Crippen molar-refractivity contribution in [3.05, 3.63) is 54.1 Å². The highest BCUT2D eigenvalue weighted by atomic mass is 16.5. The Morgan fingerprint density at radius 3 is 2.75 bits per heavy atom. The molecule has 3 rings (SSSR count). The van der Waals surface area contributed by atoms with Gasteiger partial charge in [-0.1, -0.05) is 18.6 Å². The topological polar surface area (TPSA) is 64.1 Å². The van der Waals surface area contributed by atoms with Gasteiger partial charge in [0.15, 0.2) is 0 Å². The number of nitrogens with one attached hydrogen (secondary N) is 1. The summed E-state index contributed by atoms with van der Waals surface area (Å²) in [6.45, 7) is 1.90. The molecule has 0 radical (unpaired) electrons. The maximum absolute atomic E-state index is 12.7. The van der Waals surface area contributed by atoms with Crippen molar-refractivity contribution >= 4 is 5.91 Å². The van der Waals surface area contributed by atoms with Crippen LogP contribution in [0.2, 0.25) is 0 Å². The molecule has 2 aromatic rings. The van der Waals surface area contributed by atoms with Gasteiger partial charge in [0.25, 0.3) is 5.91 Å². The van der Waals surface area contributed by atoms with E-state index in [1.165, 1.54) is 19.3 Å². The molecular weight excluding hydrogens is 302 g/mol. The van der Waals surface area contributed by atoms with Crippen LogP contribution in [0.15, 0.2) is 42.9 Å². The predicted molar refractivity (Wildman–Crippen MR) is 91.9 cm³/mol. The molecule has 1 N–H and O–H groups in total. The molecule has 1 aliphatic rings. The second-order valence-corrected chi connectivity index (χ2v) is 6.20. The Labute approximate surface area is 142 Å². The zero-order chi connectivity index (χ0) is 16.8. The molecule has 126 valence electrons. The van der Waals surface area contributed by atoms with E-state index in [4.69, 9.17) is 4.74 Å². The Bertz CT molecular complexity index is 669. The smallest absolute Gasteiger partial charge is 0.255 e. The maximum atomic E-state index is 12.7. The van der Waals surface area contributed by atoms with E-state index in [1.807, 2.05) is 25.1 Å². The number of benzene rings is 1. The van der Waals surface area contributed by atoms with Gasteiger partial charge >= 0.3 is 0 Å². The average molecular weight is 325 g/mol. The monoisotopic (exact) mass is 325 g/mol. The van der Waals surface area contributed by atoms with Crippen LogP contribution < -0.4 is 10.1 Å². The molecule has 5 heteroatoms. The maximum Gasteiger partial charge on any atom is 0.255 e. The molecule has 1 heterocycles. The van der Waals surface area contributed by atoms with Crippen LogP contribution in [0.1, 0.15) is 61.1 Å². The Kier molecular flexibility index (Phi) is 5.41. The van der Waals surface area contributed by atoms with Crippen LogP contribution in [0.4, 0.5) is 0 Å². The molecule has 1 saturated carbocycles. The first-order valence-electron chi connectivity index (χ1n) is 8.56. The first kappa shape index (κ1) is 16.4. The van der Waals surface area contributed by atoms with Crippen LogP contribution in [0.5, 0.6) is 5.75 Å². The van der Waals surface area contributed by atoms with Gasteiger partial charge in [0, 0.05) is 12.4 Å². The van der Waals surface area contributed by atoms with E-state index in [2.05, 4.69) is 15.3 Å². The van der Waals surface area contributed by atoms with Crippen molar-refractivity contribution in [2.45, 2.75) is 51.2 Å². The van der Waals surface area contributed by atoms with E-state index in [0.717, 1.165) is 18.5 Å². The minimum atomic E-state index is -0.214. The molecular formula is C19H23N3O2. The van der Waals surface area contributed by atoms with Gasteiger partial charge in [-0.2, -0.15) is 0 Å². The number of nitrogens with zero attached hydrogens (tertiary/aromatic N) is 2. The highest BCUT2D eigenvalue weighted by molar-refractivity contribution is 5.97. The number of amides is 1. The van der Waals surface area contributed by atoms with E-state index in [1.54, 1.807) is 24.7 Å². The number of para-hydroxylation sites is 1. The number of carbonyl (C=O) groups excluding carboxylic acids is 1. The molecule has 1 unspecified atom stereocenters. The van der Waals surface area contributed by atoms with Gasteiger partial charge in [0.2, 0.25) is 0 Å². The molecule has 1 amide bonds. The summed E-state index contributed by atoms with van der Waals surface area (Å²) < 4.78 is 6.11. The quantitative estimate of drug-likeness (QED) is 0.911. The second kappa shape index (κ2) is 7.90. The Morgan fingerprint density at radius 2 is 2.00 bits per heavy atom. The first-order chi connectivity index (χ1) is 11.7. The van der Waals surface area contributed by atoms with Crippen LogP contribution in [0.3, 0.4) is 0 Å². The fraction of sp³-hybridized carbons (Fsp3) is 0.421. The van der Waals surface area contributed by atoms with Gasteiger partial charge in [-0.05, 0) is 44.7 Å². The zero-order valence-electron chi connectivity index (χ0n) is 13.9. The summed E-state index contributed by atoms with van der Waals surface area (Å²) in [7, 11) is 0. The normalized spacial score (nSPS) is 16.4. The third-order valence-electron chi connectivity index (χ3n) is 4.35. The molecule has 1 atom stereocenters. The summed E-state index contributed by atoms with van der Waals surface area (Å²) in [4.78, 5) is 20.9. The number of ether oxygens (including phenoxy) is 1. The minimum absolute atomic E-state index is 0.153. The fourth-order valence-electron chi connectivity index (χ4n) is 3.00. The Hall–Kier alpha value is -2.43. The third kappa shape index (κ3) is 4.10. The number of carbonyl (C=O) groups is 1. The molecule has 0 saturated heterocycles. The van der Waals surface area contributed by atoms with Crippen LogP contribution in [-0.2, 0) is 0 Å². The predicted octanol–water partition coefficient (Wildman–Crippen LogP) is 3.68. The molecule has 1 aromatic heterocycles. The zero-order valence-corrected chi connectivity index (χ0v) is 13.9. The molecule has 1 aromatic carbocycles. The van der Waals surface area contributed by atoms with E-state index in [0.29, 0.717) is 11.3 Å². The van der Waals surface area contributed by atoms with Crippen molar-refractivity contribution in [2.24, 2.45) is 0 Å². The van der Waals surface area contributed by atoms with Gasteiger partial charge in [0.1, 0.15) is 5.75 Å². The van der Waals surface area contributed by atoms with E-state index >= 15 is 0 Å². The average Bonchev–Trinajstić information content (AvgIpc) is 2.63. The summed E-state index contributed by atoms with van der Waals surface area (Å²) in [5.41, 5.74) is 1.30. The first-order valence-corrected chi connectivity index (χ1v) is 8.56. The lowest BCUT2D eigenvalue weighted by Crippen LogP contribution is -2.28. The summed E-state index contributed by atoms with van der Waals surface area (Å²) in [5, 5.41) is 2.97. The number of hydrogen-bond donors (Lipinski definition) is 1. The number of rotatable bonds is 5. The van der Waals surface area contributed by atoms with Gasteiger partial charge < -0.3 is 10.1 Å². The summed E-state index contributed by atoms with van der Waals surface area (Å²) >= 11 is 0. The van der Waals surface area contributed by atoms with Crippen molar-refractivity contribution in [3.63, 3.8) is 0 Å². The van der Waals surface area contributed by atoms with E-state index < -0.39 is 0 Å². The van der Waals surface area contributed by atoms with Gasteiger partial charge in [-0.25, -0.2) is 0 Å². The molecule has 0 spiro atoms. The fourth-order valence-corrected chi connectivity index (χ4v) is 3.00. The highest BCUT2D eigenvalue weighted by Crippen LogP contribution is 2.26. The lowest BCUT2D eigenvalue weighted by Gasteiger charge is -2.24. The van der Waals surface area contributed by atoms with Crippen LogP contribution in [0.25, 0.3) is 0 Å². The van der Waals surface area contributed by atoms with Crippen LogP contribution >= 0.6 is 0 Å². The van der Waals surface area contributed by atoms with Crippen molar-refractivity contribution in [1.29, 1.82) is 0 Å². The molecule has 0 aliphatic heterocycles. The largest absolute Gasteiger partial charge is 0.490 e. The van der Waals surface area contributed by atoms with Crippen molar-refractivity contribution in [1.82, 2.24) is 15.3 Å². The minimum Gasteiger partial charge on any atom is -0.490 e. The van der Waals surface area contributed by atoms with Crippen molar-refractivity contribution in [3.8, 4) is 5.75 Å². The Morgan fingerprint density at radius 1 is 1.21 bits per heavy atom. The molecule has 1 aliphatic carbocycles. The lowest BCUT2D eigenvalue weighted by atomic mass is 9.97.